The lowest BCUT2D eigenvalue weighted by Gasteiger charge is -2.33. The van der Waals surface area contributed by atoms with Crippen LogP contribution >= 0.6 is 0 Å². The van der Waals surface area contributed by atoms with Gasteiger partial charge in [0.2, 0.25) is 6.39 Å². The molecule has 1 aromatic heterocycles. The first-order valence-corrected chi connectivity index (χ1v) is 5.03. The quantitative estimate of drug-likeness (QED) is 0.748. The van der Waals surface area contributed by atoms with Crippen LogP contribution in [0.25, 0.3) is 0 Å². The van der Waals surface area contributed by atoms with E-state index in [1.54, 1.807) is 0 Å². The van der Waals surface area contributed by atoms with Crippen LogP contribution < -0.4 is 5.73 Å². The van der Waals surface area contributed by atoms with E-state index in [0.717, 1.165) is 31.8 Å². The summed E-state index contributed by atoms with van der Waals surface area (Å²) in [5.74, 6) is 0.749. The number of aromatic nitrogens is 2. The summed E-state index contributed by atoms with van der Waals surface area (Å²) in [6.45, 7) is 4.09. The molecule has 1 saturated heterocycles. The molecule has 2 heterocycles. The van der Waals surface area contributed by atoms with Crippen molar-refractivity contribution in [3.05, 3.63) is 12.2 Å². The average Bonchev–Trinajstić information content (AvgIpc) is 2.69. The molecule has 2 unspecified atom stereocenters. The fourth-order valence-corrected chi connectivity index (χ4v) is 1.92. The number of piperidine rings is 1. The number of nitrogens with two attached hydrogens (primary N) is 1. The molecule has 0 saturated carbocycles. The summed E-state index contributed by atoms with van der Waals surface area (Å²) in [5, 5.41) is 3.85. The highest BCUT2D eigenvalue weighted by atomic mass is 16.5. The zero-order valence-electron chi connectivity index (χ0n) is 8.39. The molecule has 0 bridgehead atoms. The molecule has 2 atom stereocenters. The number of hydrogen-bond acceptors (Lipinski definition) is 5. The van der Waals surface area contributed by atoms with Gasteiger partial charge in [-0.25, -0.2) is 0 Å². The van der Waals surface area contributed by atoms with Gasteiger partial charge in [-0.1, -0.05) is 5.16 Å². The monoisotopic (exact) mass is 196 g/mol. The first kappa shape index (κ1) is 9.61. The summed E-state index contributed by atoms with van der Waals surface area (Å²) >= 11 is 0. The standard InChI is InChI=1S/C9H16N4O/c1-7(9-11-6-14-12-9)13-4-2-3-8(10)5-13/h6-8H,2-5,10H2,1H3. The van der Waals surface area contributed by atoms with Crippen molar-refractivity contribution in [2.75, 3.05) is 13.1 Å². The minimum absolute atomic E-state index is 0.208. The number of likely N-dealkylation sites (tertiary alicyclic amines) is 1. The van der Waals surface area contributed by atoms with Crippen LogP contribution in [0.4, 0.5) is 0 Å². The van der Waals surface area contributed by atoms with Crippen molar-refractivity contribution in [1.29, 1.82) is 0 Å². The van der Waals surface area contributed by atoms with Gasteiger partial charge in [0.25, 0.3) is 0 Å². The second kappa shape index (κ2) is 4.06. The third kappa shape index (κ3) is 1.93. The van der Waals surface area contributed by atoms with Gasteiger partial charge < -0.3 is 10.3 Å². The molecule has 1 aliphatic rings. The molecule has 14 heavy (non-hydrogen) atoms. The Morgan fingerprint density at radius 3 is 3.21 bits per heavy atom. The van der Waals surface area contributed by atoms with E-state index in [1.807, 2.05) is 0 Å². The third-order valence-electron chi connectivity index (χ3n) is 2.79. The van der Waals surface area contributed by atoms with E-state index in [2.05, 4.69) is 22.0 Å². The van der Waals surface area contributed by atoms with Crippen molar-refractivity contribution in [2.45, 2.75) is 31.8 Å². The number of hydrogen-bond donors (Lipinski definition) is 1. The Kier molecular flexibility index (Phi) is 2.79. The molecule has 78 valence electrons. The van der Waals surface area contributed by atoms with E-state index in [9.17, 15) is 0 Å². The predicted molar refractivity (Wildman–Crippen MR) is 51.5 cm³/mol. The van der Waals surface area contributed by atoms with Crippen molar-refractivity contribution >= 4 is 0 Å². The van der Waals surface area contributed by atoms with Crippen LogP contribution in [-0.2, 0) is 0 Å². The highest BCUT2D eigenvalue weighted by molar-refractivity contribution is 4.91. The Morgan fingerprint density at radius 1 is 1.71 bits per heavy atom. The molecule has 0 spiro atoms. The lowest BCUT2D eigenvalue weighted by Crippen LogP contribution is -2.44. The SMILES string of the molecule is CC(c1ncon1)N1CCCC(N)C1. The van der Waals surface area contributed by atoms with Crippen LogP contribution in [-0.4, -0.2) is 34.2 Å². The Bertz CT molecular complexity index is 274. The molecule has 2 rings (SSSR count). The van der Waals surface area contributed by atoms with E-state index in [4.69, 9.17) is 10.3 Å². The Hall–Kier alpha value is -0.940. The lowest BCUT2D eigenvalue weighted by molar-refractivity contribution is 0.152. The van der Waals surface area contributed by atoms with Crippen molar-refractivity contribution in [3.8, 4) is 0 Å². The maximum atomic E-state index is 5.91. The Labute approximate surface area is 83.3 Å². The van der Waals surface area contributed by atoms with Gasteiger partial charge in [-0.3, -0.25) is 4.90 Å². The van der Waals surface area contributed by atoms with Gasteiger partial charge in [-0.15, -0.1) is 0 Å². The summed E-state index contributed by atoms with van der Waals surface area (Å²) in [6.07, 6.45) is 3.65. The fraction of sp³-hybridized carbons (Fsp3) is 0.778. The van der Waals surface area contributed by atoms with E-state index in [0.29, 0.717) is 0 Å². The van der Waals surface area contributed by atoms with Crippen LogP contribution in [0.15, 0.2) is 10.9 Å². The number of nitrogens with zero attached hydrogens (tertiary/aromatic N) is 3. The van der Waals surface area contributed by atoms with E-state index >= 15 is 0 Å². The normalized spacial score (nSPS) is 26.3. The second-order valence-corrected chi connectivity index (χ2v) is 3.86. The zero-order chi connectivity index (χ0) is 9.97. The summed E-state index contributed by atoms with van der Waals surface area (Å²) in [4.78, 5) is 6.36. The molecule has 1 fully saturated rings. The molecule has 2 N–H and O–H groups in total. The van der Waals surface area contributed by atoms with Gasteiger partial charge in [-0.05, 0) is 26.3 Å². The Morgan fingerprint density at radius 2 is 2.57 bits per heavy atom. The smallest absolute Gasteiger partial charge is 0.213 e. The molecule has 1 aromatic rings. The van der Waals surface area contributed by atoms with Crippen molar-refractivity contribution in [3.63, 3.8) is 0 Å². The zero-order valence-corrected chi connectivity index (χ0v) is 8.39. The van der Waals surface area contributed by atoms with Gasteiger partial charge in [0.1, 0.15) is 0 Å². The van der Waals surface area contributed by atoms with Crippen LogP contribution in [0, 0.1) is 0 Å². The van der Waals surface area contributed by atoms with Gasteiger partial charge in [0.05, 0.1) is 6.04 Å². The lowest BCUT2D eigenvalue weighted by atomic mass is 10.0. The summed E-state index contributed by atoms with van der Waals surface area (Å²) in [6, 6.07) is 0.498. The molecule has 0 radical (unpaired) electrons. The second-order valence-electron chi connectivity index (χ2n) is 3.86. The minimum atomic E-state index is 0.208. The molecular weight excluding hydrogens is 180 g/mol. The van der Waals surface area contributed by atoms with Gasteiger partial charge in [-0.2, -0.15) is 4.98 Å². The first-order valence-electron chi connectivity index (χ1n) is 5.03. The molecule has 0 aromatic carbocycles. The van der Waals surface area contributed by atoms with Crippen LogP contribution in [0.1, 0.15) is 31.6 Å². The Balaban J connectivity index is 2.00. The van der Waals surface area contributed by atoms with Gasteiger partial charge >= 0.3 is 0 Å². The van der Waals surface area contributed by atoms with Crippen LogP contribution in [0.5, 0.6) is 0 Å². The van der Waals surface area contributed by atoms with Crippen LogP contribution in [0.3, 0.4) is 0 Å². The van der Waals surface area contributed by atoms with Gasteiger partial charge in [0.15, 0.2) is 5.82 Å². The molecule has 1 aliphatic heterocycles. The van der Waals surface area contributed by atoms with E-state index in [-0.39, 0.29) is 12.1 Å². The highest BCUT2D eigenvalue weighted by Crippen LogP contribution is 2.20. The molecular formula is C9H16N4O. The van der Waals surface area contributed by atoms with E-state index in [1.165, 1.54) is 6.39 Å². The third-order valence-corrected chi connectivity index (χ3v) is 2.79. The predicted octanol–water partition coefficient (Wildman–Crippen LogP) is 0.554. The van der Waals surface area contributed by atoms with Crippen LogP contribution in [0.2, 0.25) is 0 Å². The summed E-state index contributed by atoms with van der Waals surface area (Å²) in [7, 11) is 0. The van der Waals surface area contributed by atoms with Crippen molar-refractivity contribution < 1.29 is 4.52 Å². The fourth-order valence-electron chi connectivity index (χ4n) is 1.92. The van der Waals surface area contributed by atoms with E-state index < -0.39 is 0 Å². The topological polar surface area (TPSA) is 68.2 Å². The van der Waals surface area contributed by atoms with Crippen molar-refractivity contribution in [1.82, 2.24) is 15.0 Å². The number of rotatable bonds is 2. The van der Waals surface area contributed by atoms with Gasteiger partial charge in [0, 0.05) is 12.6 Å². The molecule has 0 aliphatic carbocycles. The molecule has 0 amide bonds. The first-order chi connectivity index (χ1) is 6.77. The summed E-state index contributed by atoms with van der Waals surface area (Å²) < 4.78 is 4.73. The minimum Gasteiger partial charge on any atom is -0.343 e. The maximum Gasteiger partial charge on any atom is 0.213 e. The highest BCUT2D eigenvalue weighted by Gasteiger charge is 2.24. The largest absolute Gasteiger partial charge is 0.343 e. The summed E-state index contributed by atoms with van der Waals surface area (Å²) in [5.41, 5.74) is 5.91. The molecule has 5 nitrogen and oxygen atoms in total. The van der Waals surface area contributed by atoms with Crippen molar-refractivity contribution in [2.24, 2.45) is 5.73 Å². The average molecular weight is 196 g/mol. The maximum absolute atomic E-state index is 5.91. The molecule has 5 heteroatoms.